The molecular formula is C13H22N2O9. The van der Waals surface area contributed by atoms with Crippen LogP contribution in [-0.4, -0.2) is 86.1 Å². The van der Waals surface area contributed by atoms with E-state index in [1.54, 1.807) is 0 Å². The van der Waals surface area contributed by atoms with Crippen molar-refractivity contribution in [1.29, 1.82) is 0 Å². The maximum absolute atomic E-state index is 11.2. The zero-order valence-corrected chi connectivity index (χ0v) is 13.2. The van der Waals surface area contributed by atoms with Gasteiger partial charge in [-0.15, -0.1) is 0 Å². The molecule has 0 bridgehead atoms. The number of carbonyl (C=O) groups is 3. The topological polar surface area (TPSA) is 186 Å². The zero-order valence-electron chi connectivity index (χ0n) is 13.2. The summed E-state index contributed by atoms with van der Waals surface area (Å²) in [4.78, 5) is 33.2. The first kappa shape index (κ1) is 20.3. The predicted octanol–water partition coefficient (Wildman–Crippen LogP) is -3.73. The second kappa shape index (κ2) is 7.85. The smallest absolute Gasteiger partial charge is 0.364 e. The van der Waals surface area contributed by atoms with Crippen molar-refractivity contribution in [2.45, 2.75) is 56.5 Å². The third kappa shape index (κ3) is 4.85. The highest BCUT2D eigenvalue weighted by atomic mass is 16.7. The summed E-state index contributed by atoms with van der Waals surface area (Å²) in [5.41, 5.74) is 0. The number of carboxylic acid groups (broad SMARTS) is 1. The van der Waals surface area contributed by atoms with Gasteiger partial charge in [0.1, 0.15) is 12.2 Å². The minimum absolute atomic E-state index is 0.384. The first-order chi connectivity index (χ1) is 11.0. The number of aliphatic hydroxyl groups is 4. The largest absolute Gasteiger partial charge is 0.477 e. The molecule has 7 N–H and O–H groups in total. The Morgan fingerprint density at radius 1 is 1.25 bits per heavy atom. The minimum atomic E-state index is -2.80. The lowest BCUT2D eigenvalue weighted by molar-refractivity contribution is -0.294. The zero-order chi connectivity index (χ0) is 18.7. The molecule has 1 fully saturated rings. The van der Waals surface area contributed by atoms with Gasteiger partial charge in [0, 0.05) is 26.8 Å². The van der Waals surface area contributed by atoms with Gasteiger partial charge in [-0.2, -0.15) is 0 Å². The van der Waals surface area contributed by atoms with E-state index in [1.165, 1.54) is 6.92 Å². The number of carbonyl (C=O) groups excluding carboxylic acids is 2. The summed E-state index contributed by atoms with van der Waals surface area (Å²) >= 11 is 0. The maximum atomic E-state index is 11.2. The monoisotopic (exact) mass is 350 g/mol. The van der Waals surface area contributed by atoms with Crippen LogP contribution in [0.4, 0.5) is 0 Å². The van der Waals surface area contributed by atoms with E-state index in [9.17, 15) is 34.8 Å². The van der Waals surface area contributed by atoms with Gasteiger partial charge in [-0.3, -0.25) is 9.59 Å². The number of nitrogens with one attached hydrogen (secondary N) is 2. The van der Waals surface area contributed by atoms with E-state index < -0.39 is 60.4 Å². The highest BCUT2D eigenvalue weighted by Crippen LogP contribution is 2.30. The molecule has 1 heterocycles. The lowest BCUT2D eigenvalue weighted by Gasteiger charge is -2.44. The molecule has 11 heteroatoms. The lowest BCUT2D eigenvalue weighted by atomic mass is 9.88. The molecule has 138 valence electrons. The standard InChI is InChI=1S/C13H22N2O9/c1-5(16)14-4-8(19)10(20)11-9(15-6(2)17)7(18)3-13(23,24-11)12(21)22/h7-11,18-20,23H,3-4H2,1-2H3,(H,14,16)(H,15,17)(H,21,22)/t7?,8-,9-,10-,11?,13+/m1/s1. The van der Waals surface area contributed by atoms with Gasteiger partial charge in [0.05, 0.1) is 18.2 Å². The fourth-order valence-electron chi connectivity index (χ4n) is 2.40. The van der Waals surface area contributed by atoms with E-state index in [2.05, 4.69) is 10.6 Å². The van der Waals surface area contributed by atoms with Crippen LogP contribution in [-0.2, 0) is 19.1 Å². The Balaban J connectivity index is 3.01. The van der Waals surface area contributed by atoms with E-state index in [0.717, 1.165) is 6.92 Å². The second-order valence-corrected chi connectivity index (χ2v) is 5.66. The van der Waals surface area contributed by atoms with Crippen molar-refractivity contribution < 1.29 is 44.7 Å². The highest BCUT2D eigenvalue weighted by molar-refractivity contribution is 5.76. The molecule has 11 nitrogen and oxygen atoms in total. The quantitative estimate of drug-likeness (QED) is 0.253. The van der Waals surface area contributed by atoms with Gasteiger partial charge >= 0.3 is 5.97 Å². The number of hydrogen-bond acceptors (Lipinski definition) is 8. The van der Waals surface area contributed by atoms with Crippen LogP contribution in [0.1, 0.15) is 20.3 Å². The van der Waals surface area contributed by atoms with Gasteiger partial charge in [-0.05, 0) is 0 Å². The van der Waals surface area contributed by atoms with Gasteiger partial charge in [0.15, 0.2) is 0 Å². The van der Waals surface area contributed by atoms with E-state index in [0.29, 0.717) is 0 Å². The normalized spacial score (nSPS) is 32.5. The molecule has 1 rings (SSSR count). The maximum Gasteiger partial charge on any atom is 0.364 e. The first-order valence-corrected chi connectivity index (χ1v) is 7.17. The van der Waals surface area contributed by atoms with Gasteiger partial charge < -0.3 is 40.9 Å². The molecule has 0 radical (unpaired) electrons. The molecule has 1 aliphatic rings. The number of aliphatic hydroxyl groups excluding tert-OH is 3. The van der Waals surface area contributed by atoms with Crippen molar-refractivity contribution in [2.75, 3.05) is 6.54 Å². The average Bonchev–Trinajstić information content (AvgIpc) is 2.46. The first-order valence-electron chi connectivity index (χ1n) is 7.17. The van der Waals surface area contributed by atoms with Crippen molar-refractivity contribution in [3.8, 4) is 0 Å². The van der Waals surface area contributed by atoms with Gasteiger partial charge in [-0.1, -0.05) is 0 Å². The Labute approximate surface area is 137 Å². The Morgan fingerprint density at radius 3 is 2.29 bits per heavy atom. The Hall–Kier alpha value is -1.79. The number of hydrogen-bond donors (Lipinski definition) is 7. The summed E-state index contributed by atoms with van der Waals surface area (Å²) in [6.45, 7) is 1.93. The van der Waals surface area contributed by atoms with Crippen LogP contribution in [0.25, 0.3) is 0 Å². The molecule has 0 aromatic carbocycles. The number of ether oxygens (including phenoxy) is 1. The molecular weight excluding hydrogens is 328 g/mol. The van der Waals surface area contributed by atoms with Gasteiger partial charge in [0.25, 0.3) is 5.79 Å². The molecule has 2 unspecified atom stereocenters. The average molecular weight is 350 g/mol. The second-order valence-electron chi connectivity index (χ2n) is 5.66. The van der Waals surface area contributed by atoms with Crippen molar-refractivity contribution >= 4 is 17.8 Å². The van der Waals surface area contributed by atoms with Crippen molar-refractivity contribution in [3.05, 3.63) is 0 Å². The summed E-state index contributed by atoms with van der Waals surface area (Å²) in [5.74, 6) is -5.67. The third-order valence-corrected chi connectivity index (χ3v) is 3.58. The Kier molecular flexibility index (Phi) is 6.63. The number of aliphatic carboxylic acids is 1. The van der Waals surface area contributed by atoms with Crippen LogP contribution in [0.5, 0.6) is 0 Å². The molecule has 0 saturated carbocycles. The SMILES string of the molecule is CC(=O)NC[C@@H](O)[C@@H](O)C1O[C@](O)(C(=O)O)CC(O)[C@H]1NC(C)=O. The van der Waals surface area contributed by atoms with Crippen LogP contribution < -0.4 is 10.6 Å². The number of rotatable bonds is 6. The molecule has 0 spiro atoms. The number of amides is 2. The van der Waals surface area contributed by atoms with Crippen LogP contribution >= 0.6 is 0 Å². The van der Waals surface area contributed by atoms with Crippen LogP contribution in [0, 0.1) is 0 Å². The molecule has 0 aromatic rings. The van der Waals surface area contributed by atoms with Gasteiger partial charge in [-0.25, -0.2) is 4.79 Å². The molecule has 1 aliphatic heterocycles. The minimum Gasteiger partial charge on any atom is -0.477 e. The van der Waals surface area contributed by atoms with Gasteiger partial charge in [0.2, 0.25) is 11.8 Å². The van der Waals surface area contributed by atoms with Crippen molar-refractivity contribution in [3.63, 3.8) is 0 Å². The summed E-state index contributed by atoms with van der Waals surface area (Å²) < 4.78 is 4.97. The van der Waals surface area contributed by atoms with E-state index in [4.69, 9.17) is 9.84 Å². The fraction of sp³-hybridized carbons (Fsp3) is 0.769. The van der Waals surface area contributed by atoms with E-state index in [1.807, 2.05) is 0 Å². The van der Waals surface area contributed by atoms with Crippen molar-refractivity contribution in [1.82, 2.24) is 10.6 Å². The van der Waals surface area contributed by atoms with Crippen LogP contribution in [0.2, 0.25) is 0 Å². The summed E-state index contributed by atoms with van der Waals surface area (Å²) in [6, 6.07) is -1.27. The lowest BCUT2D eigenvalue weighted by Crippen LogP contribution is -2.67. The van der Waals surface area contributed by atoms with E-state index in [-0.39, 0.29) is 6.54 Å². The molecule has 0 aliphatic carbocycles. The predicted molar refractivity (Wildman–Crippen MR) is 76.4 cm³/mol. The Bertz CT molecular complexity index is 500. The van der Waals surface area contributed by atoms with E-state index >= 15 is 0 Å². The molecule has 24 heavy (non-hydrogen) atoms. The molecule has 0 aromatic heterocycles. The van der Waals surface area contributed by atoms with Crippen LogP contribution in [0.3, 0.4) is 0 Å². The third-order valence-electron chi connectivity index (χ3n) is 3.58. The summed E-state index contributed by atoms with van der Waals surface area (Å²) in [5, 5.41) is 53.6. The number of carboxylic acids is 1. The van der Waals surface area contributed by atoms with Crippen LogP contribution in [0.15, 0.2) is 0 Å². The molecule has 2 amide bonds. The summed E-state index contributed by atoms with van der Waals surface area (Å²) in [6.07, 6.45) is -7.36. The highest BCUT2D eigenvalue weighted by Gasteiger charge is 2.53. The summed E-state index contributed by atoms with van der Waals surface area (Å²) in [7, 11) is 0. The molecule has 6 atom stereocenters. The van der Waals surface area contributed by atoms with Crippen molar-refractivity contribution in [2.24, 2.45) is 0 Å². The fourth-order valence-corrected chi connectivity index (χ4v) is 2.40. The Morgan fingerprint density at radius 2 is 1.83 bits per heavy atom. The molecule has 1 saturated heterocycles.